The van der Waals surface area contributed by atoms with Gasteiger partial charge in [-0.3, -0.25) is 9.59 Å². The van der Waals surface area contributed by atoms with Gasteiger partial charge in [-0.15, -0.1) is 0 Å². The lowest BCUT2D eigenvalue weighted by molar-refractivity contribution is 0.0948. The number of anilines is 1. The number of carbonyl (C=O) groups is 1. The number of fused-ring (bicyclic) bond motifs is 4. The van der Waals surface area contributed by atoms with Crippen molar-refractivity contribution >= 4 is 28.1 Å². The number of aromatic nitrogens is 3. The van der Waals surface area contributed by atoms with Crippen molar-refractivity contribution in [3.05, 3.63) is 76.2 Å². The fourth-order valence-corrected chi connectivity index (χ4v) is 4.80. The Morgan fingerprint density at radius 1 is 1.03 bits per heavy atom. The highest BCUT2D eigenvalue weighted by Gasteiger charge is 2.18. The molecule has 0 bridgehead atoms. The van der Waals surface area contributed by atoms with Gasteiger partial charge in [0.15, 0.2) is 5.69 Å². The number of para-hydroxylation sites is 3. The predicted molar refractivity (Wildman–Crippen MR) is 131 cm³/mol. The third-order valence-electron chi connectivity index (χ3n) is 6.35. The van der Waals surface area contributed by atoms with Crippen molar-refractivity contribution in [2.24, 2.45) is 0 Å². The Morgan fingerprint density at radius 3 is 2.67 bits per heavy atom. The van der Waals surface area contributed by atoms with Crippen molar-refractivity contribution < 1.29 is 4.79 Å². The van der Waals surface area contributed by atoms with Crippen LogP contribution in [0.15, 0.2) is 59.4 Å². The summed E-state index contributed by atoms with van der Waals surface area (Å²) in [4.78, 5) is 28.3. The van der Waals surface area contributed by atoms with Crippen LogP contribution in [-0.4, -0.2) is 39.7 Å². The van der Waals surface area contributed by atoms with Crippen molar-refractivity contribution in [3.63, 3.8) is 0 Å². The SMILES string of the molecule is CCCn1c(=O)c2cc(C(=O)NCCCN3CCCc4ccccc43)nn2c2ccccc21. The zero-order valence-electron chi connectivity index (χ0n) is 19.0. The summed E-state index contributed by atoms with van der Waals surface area (Å²) in [6.45, 7) is 5.18. The summed E-state index contributed by atoms with van der Waals surface area (Å²) in [5, 5.41) is 7.46. The van der Waals surface area contributed by atoms with Gasteiger partial charge in [0.1, 0.15) is 5.52 Å². The molecule has 2 aromatic carbocycles. The maximum absolute atomic E-state index is 13.1. The first-order valence-electron chi connectivity index (χ1n) is 11.8. The average Bonchev–Trinajstić information content (AvgIpc) is 3.31. The van der Waals surface area contributed by atoms with Crippen LogP contribution in [0.25, 0.3) is 16.6 Å². The zero-order valence-corrected chi connectivity index (χ0v) is 19.0. The number of nitrogens with one attached hydrogen (secondary N) is 1. The fourth-order valence-electron chi connectivity index (χ4n) is 4.80. The molecule has 4 aromatic rings. The van der Waals surface area contributed by atoms with Gasteiger partial charge in [0.25, 0.3) is 11.5 Å². The van der Waals surface area contributed by atoms with Crippen LogP contribution in [-0.2, 0) is 13.0 Å². The average molecular weight is 444 g/mol. The number of nitrogens with zero attached hydrogens (tertiary/aromatic N) is 4. The van der Waals surface area contributed by atoms with Gasteiger partial charge in [0, 0.05) is 37.9 Å². The summed E-state index contributed by atoms with van der Waals surface area (Å²) in [6.07, 6.45) is 3.99. The van der Waals surface area contributed by atoms with E-state index in [2.05, 4.69) is 39.6 Å². The molecular weight excluding hydrogens is 414 g/mol. The number of benzene rings is 2. The lowest BCUT2D eigenvalue weighted by Crippen LogP contribution is -2.33. The highest BCUT2D eigenvalue weighted by molar-refractivity contribution is 5.94. The smallest absolute Gasteiger partial charge is 0.277 e. The summed E-state index contributed by atoms with van der Waals surface area (Å²) in [7, 11) is 0. The summed E-state index contributed by atoms with van der Waals surface area (Å²) < 4.78 is 3.37. The van der Waals surface area contributed by atoms with Crippen LogP contribution in [0.4, 0.5) is 5.69 Å². The second-order valence-corrected chi connectivity index (χ2v) is 8.60. The van der Waals surface area contributed by atoms with E-state index in [0.717, 1.165) is 49.8 Å². The van der Waals surface area contributed by atoms with E-state index in [4.69, 9.17) is 0 Å². The molecule has 2 aromatic heterocycles. The van der Waals surface area contributed by atoms with Crippen LogP contribution in [0.3, 0.4) is 0 Å². The number of aryl methyl sites for hydroxylation is 2. The van der Waals surface area contributed by atoms with Crippen LogP contribution in [0.1, 0.15) is 42.2 Å². The maximum atomic E-state index is 13.1. The molecule has 7 heteroatoms. The summed E-state index contributed by atoms with van der Waals surface area (Å²) >= 11 is 0. The molecule has 33 heavy (non-hydrogen) atoms. The normalized spacial score (nSPS) is 13.4. The lowest BCUT2D eigenvalue weighted by atomic mass is 10.0. The van der Waals surface area contributed by atoms with E-state index < -0.39 is 0 Å². The van der Waals surface area contributed by atoms with Gasteiger partial charge in [-0.25, -0.2) is 4.52 Å². The quantitative estimate of drug-likeness (QED) is 0.443. The molecule has 7 nitrogen and oxygen atoms in total. The van der Waals surface area contributed by atoms with Crippen molar-refractivity contribution in [1.29, 1.82) is 0 Å². The molecular formula is C26H29N5O2. The Morgan fingerprint density at radius 2 is 1.82 bits per heavy atom. The minimum absolute atomic E-state index is 0.120. The Bertz CT molecular complexity index is 1370. The van der Waals surface area contributed by atoms with Crippen molar-refractivity contribution in [2.45, 2.75) is 39.2 Å². The van der Waals surface area contributed by atoms with Crippen LogP contribution < -0.4 is 15.8 Å². The second-order valence-electron chi connectivity index (χ2n) is 8.60. The van der Waals surface area contributed by atoms with Crippen molar-refractivity contribution in [3.8, 4) is 0 Å². The predicted octanol–water partition coefficient (Wildman–Crippen LogP) is 3.63. The van der Waals surface area contributed by atoms with E-state index >= 15 is 0 Å². The standard InChI is InChI=1S/C26H29N5O2/c1-2-15-30-22-12-5-6-13-23(22)31-24(26(30)33)18-20(28-31)25(32)27-14-8-17-29-16-7-10-19-9-3-4-11-21(19)29/h3-6,9,11-13,18H,2,7-8,10,14-17H2,1H3,(H,27,32). The third-order valence-corrected chi connectivity index (χ3v) is 6.35. The van der Waals surface area contributed by atoms with E-state index in [0.29, 0.717) is 18.6 Å². The van der Waals surface area contributed by atoms with Crippen molar-refractivity contribution in [2.75, 3.05) is 24.5 Å². The third kappa shape index (κ3) is 3.99. The Hall–Kier alpha value is -3.61. The molecule has 0 spiro atoms. The van der Waals surface area contributed by atoms with Gasteiger partial charge in [0.05, 0.1) is 11.0 Å². The minimum Gasteiger partial charge on any atom is -0.371 e. The van der Waals surface area contributed by atoms with E-state index in [1.54, 1.807) is 15.1 Å². The molecule has 0 fully saturated rings. The van der Waals surface area contributed by atoms with Crippen LogP contribution in [0, 0.1) is 0 Å². The van der Waals surface area contributed by atoms with E-state index in [-0.39, 0.29) is 17.2 Å². The molecule has 5 rings (SSSR count). The van der Waals surface area contributed by atoms with E-state index in [1.807, 2.05) is 31.2 Å². The van der Waals surface area contributed by atoms with Crippen molar-refractivity contribution in [1.82, 2.24) is 19.5 Å². The number of amides is 1. The Kier molecular flexibility index (Phi) is 5.86. The number of rotatable bonds is 7. The molecule has 1 N–H and O–H groups in total. The number of hydrogen-bond acceptors (Lipinski definition) is 4. The fraction of sp³-hybridized carbons (Fsp3) is 0.346. The first kappa shape index (κ1) is 21.2. The van der Waals surface area contributed by atoms with Gasteiger partial charge in [0.2, 0.25) is 0 Å². The molecule has 1 amide bonds. The zero-order chi connectivity index (χ0) is 22.8. The lowest BCUT2D eigenvalue weighted by Gasteiger charge is -2.31. The summed E-state index contributed by atoms with van der Waals surface area (Å²) in [6, 6.07) is 17.9. The summed E-state index contributed by atoms with van der Waals surface area (Å²) in [5.74, 6) is -0.247. The Labute approximate surface area is 192 Å². The van der Waals surface area contributed by atoms with Gasteiger partial charge in [-0.1, -0.05) is 37.3 Å². The molecule has 0 saturated heterocycles. The minimum atomic E-state index is -0.247. The van der Waals surface area contributed by atoms with Gasteiger partial charge in [-0.05, 0) is 49.4 Å². The Balaban J connectivity index is 1.30. The largest absolute Gasteiger partial charge is 0.371 e. The number of hydrogen-bond donors (Lipinski definition) is 1. The highest BCUT2D eigenvalue weighted by Crippen LogP contribution is 2.26. The van der Waals surface area contributed by atoms with Crippen LogP contribution >= 0.6 is 0 Å². The molecule has 0 aliphatic carbocycles. The number of carbonyl (C=O) groups excluding carboxylic acids is 1. The molecule has 170 valence electrons. The molecule has 1 aliphatic heterocycles. The van der Waals surface area contributed by atoms with Crippen LogP contribution in [0.5, 0.6) is 0 Å². The van der Waals surface area contributed by atoms with Gasteiger partial charge >= 0.3 is 0 Å². The first-order valence-corrected chi connectivity index (χ1v) is 11.8. The monoisotopic (exact) mass is 443 g/mol. The summed E-state index contributed by atoms with van der Waals surface area (Å²) in [5.41, 5.74) is 4.94. The molecule has 0 saturated carbocycles. The molecule has 0 atom stereocenters. The van der Waals surface area contributed by atoms with E-state index in [1.165, 1.54) is 11.3 Å². The maximum Gasteiger partial charge on any atom is 0.277 e. The van der Waals surface area contributed by atoms with E-state index in [9.17, 15) is 9.59 Å². The van der Waals surface area contributed by atoms with Crippen LogP contribution in [0.2, 0.25) is 0 Å². The molecule has 0 unspecified atom stereocenters. The molecule has 3 heterocycles. The highest BCUT2D eigenvalue weighted by atomic mass is 16.2. The van der Waals surface area contributed by atoms with Gasteiger partial charge in [-0.2, -0.15) is 5.10 Å². The molecule has 1 aliphatic rings. The van der Waals surface area contributed by atoms with Gasteiger partial charge < -0.3 is 14.8 Å². The molecule has 0 radical (unpaired) electrons. The first-order chi connectivity index (χ1) is 16.2. The second kappa shape index (κ2) is 9.10. The topological polar surface area (TPSA) is 71.6 Å².